The Hall–Kier alpha value is -1.91. The Morgan fingerprint density at radius 2 is 1.86 bits per heavy atom. The quantitative estimate of drug-likeness (QED) is 0.931. The van der Waals surface area contributed by atoms with Crippen molar-refractivity contribution < 1.29 is 19.1 Å². The molecule has 1 heterocycles. The van der Waals surface area contributed by atoms with Gasteiger partial charge < -0.3 is 10.0 Å². The molecule has 0 saturated carbocycles. The maximum atomic E-state index is 14.0. The second-order valence-electron chi connectivity index (χ2n) is 6.60. The molecule has 1 amide bonds. The van der Waals surface area contributed by atoms with Crippen LogP contribution >= 0.6 is 0 Å². The Morgan fingerprint density at radius 1 is 1.27 bits per heavy atom. The maximum Gasteiger partial charge on any atom is 0.335 e. The van der Waals surface area contributed by atoms with Crippen molar-refractivity contribution >= 4 is 11.9 Å². The fourth-order valence-corrected chi connectivity index (χ4v) is 2.79. The molecule has 0 aromatic heterocycles. The standard InChI is InChI=1S/C17H22FNO3/c1-11(2)17(3)6-8-19(9-7-17)15(20)13-5-4-12(16(21)22)10-14(13)18/h4-5,10-11H,6-9H2,1-3H3,(H,21,22). The molecular formula is C17H22FNO3. The van der Waals surface area contributed by atoms with Crippen molar-refractivity contribution in [1.82, 2.24) is 4.90 Å². The number of carboxylic acids is 1. The van der Waals surface area contributed by atoms with Crippen LogP contribution in [0.5, 0.6) is 0 Å². The second-order valence-corrected chi connectivity index (χ2v) is 6.60. The van der Waals surface area contributed by atoms with Crippen LogP contribution in [0.3, 0.4) is 0 Å². The summed E-state index contributed by atoms with van der Waals surface area (Å²) in [4.78, 5) is 24.9. The first-order valence-electron chi connectivity index (χ1n) is 7.57. The minimum atomic E-state index is -1.21. The number of carboxylic acid groups (broad SMARTS) is 1. The largest absolute Gasteiger partial charge is 0.478 e. The lowest BCUT2D eigenvalue weighted by atomic mass is 9.72. The average Bonchev–Trinajstić information content (AvgIpc) is 2.47. The molecule has 0 unspecified atom stereocenters. The third-order valence-electron chi connectivity index (χ3n) is 5.03. The van der Waals surface area contributed by atoms with Gasteiger partial charge in [-0.1, -0.05) is 20.8 Å². The van der Waals surface area contributed by atoms with Crippen molar-refractivity contribution in [1.29, 1.82) is 0 Å². The number of carbonyl (C=O) groups excluding carboxylic acids is 1. The van der Waals surface area contributed by atoms with E-state index in [1.807, 2.05) is 0 Å². The van der Waals surface area contributed by atoms with Gasteiger partial charge in [0.05, 0.1) is 11.1 Å². The zero-order valence-electron chi connectivity index (χ0n) is 13.2. The van der Waals surface area contributed by atoms with Gasteiger partial charge in [-0.15, -0.1) is 0 Å². The molecule has 1 fully saturated rings. The van der Waals surface area contributed by atoms with Crippen molar-refractivity contribution in [3.05, 3.63) is 35.1 Å². The van der Waals surface area contributed by atoms with E-state index in [9.17, 15) is 14.0 Å². The van der Waals surface area contributed by atoms with E-state index in [0.717, 1.165) is 18.9 Å². The lowest BCUT2D eigenvalue weighted by molar-refractivity contribution is 0.0503. The van der Waals surface area contributed by atoms with Crippen LogP contribution in [-0.4, -0.2) is 35.0 Å². The molecule has 0 aliphatic carbocycles. The van der Waals surface area contributed by atoms with Crippen molar-refractivity contribution in [2.45, 2.75) is 33.6 Å². The van der Waals surface area contributed by atoms with Gasteiger partial charge in [0, 0.05) is 13.1 Å². The molecule has 1 N–H and O–H groups in total. The molecular weight excluding hydrogens is 285 g/mol. The van der Waals surface area contributed by atoms with E-state index in [4.69, 9.17) is 5.11 Å². The number of amides is 1. The number of aromatic carboxylic acids is 1. The van der Waals surface area contributed by atoms with E-state index in [1.54, 1.807) is 4.90 Å². The predicted molar refractivity (Wildman–Crippen MR) is 81.4 cm³/mol. The van der Waals surface area contributed by atoms with Crippen molar-refractivity contribution in [2.75, 3.05) is 13.1 Å². The fraction of sp³-hybridized carbons (Fsp3) is 0.529. The minimum Gasteiger partial charge on any atom is -0.478 e. The molecule has 0 radical (unpaired) electrons. The van der Waals surface area contributed by atoms with Crippen molar-refractivity contribution in [2.24, 2.45) is 11.3 Å². The van der Waals surface area contributed by atoms with E-state index in [1.165, 1.54) is 12.1 Å². The summed E-state index contributed by atoms with van der Waals surface area (Å²) in [6.07, 6.45) is 1.79. The molecule has 4 nitrogen and oxygen atoms in total. The van der Waals surface area contributed by atoms with Gasteiger partial charge in [-0.3, -0.25) is 4.79 Å². The molecule has 0 atom stereocenters. The van der Waals surface area contributed by atoms with Crippen LogP contribution in [0, 0.1) is 17.2 Å². The van der Waals surface area contributed by atoms with Gasteiger partial charge in [0.25, 0.3) is 5.91 Å². The summed E-state index contributed by atoms with van der Waals surface area (Å²) in [5.74, 6) is -1.80. The number of carbonyl (C=O) groups is 2. The Kier molecular flexibility index (Phi) is 4.54. The monoisotopic (exact) mass is 307 g/mol. The van der Waals surface area contributed by atoms with Crippen LogP contribution in [0.25, 0.3) is 0 Å². The summed E-state index contributed by atoms with van der Waals surface area (Å²) in [5, 5.41) is 8.84. The highest BCUT2D eigenvalue weighted by molar-refractivity contribution is 5.96. The number of likely N-dealkylation sites (tertiary alicyclic amines) is 1. The summed E-state index contributed by atoms with van der Waals surface area (Å²) >= 11 is 0. The zero-order chi connectivity index (χ0) is 16.5. The SMILES string of the molecule is CC(C)C1(C)CCN(C(=O)c2ccc(C(=O)O)cc2F)CC1. The molecule has 1 aromatic rings. The topological polar surface area (TPSA) is 57.6 Å². The minimum absolute atomic E-state index is 0.0573. The highest BCUT2D eigenvalue weighted by Gasteiger charge is 2.34. The summed E-state index contributed by atoms with van der Waals surface area (Å²) in [6, 6.07) is 3.43. The van der Waals surface area contributed by atoms with Crippen LogP contribution in [-0.2, 0) is 0 Å². The molecule has 5 heteroatoms. The molecule has 120 valence electrons. The Balaban J connectivity index is 2.12. The summed E-state index contributed by atoms with van der Waals surface area (Å²) in [6.45, 7) is 7.80. The Bertz CT molecular complexity index is 590. The number of hydrogen-bond donors (Lipinski definition) is 1. The highest BCUT2D eigenvalue weighted by atomic mass is 19.1. The third kappa shape index (κ3) is 3.13. The second kappa shape index (κ2) is 6.07. The van der Waals surface area contributed by atoms with E-state index >= 15 is 0 Å². The molecule has 2 rings (SSSR count). The number of benzene rings is 1. The zero-order valence-corrected chi connectivity index (χ0v) is 13.2. The third-order valence-corrected chi connectivity index (χ3v) is 5.03. The smallest absolute Gasteiger partial charge is 0.335 e. The van der Waals surface area contributed by atoms with Gasteiger partial charge in [-0.05, 0) is 42.4 Å². The average molecular weight is 307 g/mol. The molecule has 1 aliphatic heterocycles. The van der Waals surface area contributed by atoms with Crippen molar-refractivity contribution in [3.8, 4) is 0 Å². The molecule has 1 saturated heterocycles. The van der Waals surface area contributed by atoms with E-state index in [0.29, 0.717) is 19.0 Å². The number of rotatable bonds is 3. The number of nitrogens with zero attached hydrogens (tertiary/aromatic N) is 1. The van der Waals surface area contributed by atoms with Crippen LogP contribution in [0.2, 0.25) is 0 Å². The molecule has 0 bridgehead atoms. The van der Waals surface area contributed by atoms with E-state index in [2.05, 4.69) is 20.8 Å². The molecule has 0 spiro atoms. The first-order valence-corrected chi connectivity index (χ1v) is 7.57. The highest BCUT2D eigenvalue weighted by Crippen LogP contribution is 2.38. The lowest BCUT2D eigenvalue weighted by Gasteiger charge is -2.42. The van der Waals surface area contributed by atoms with E-state index in [-0.39, 0.29) is 22.4 Å². The molecule has 22 heavy (non-hydrogen) atoms. The fourth-order valence-electron chi connectivity index (χ4n) is 2.79. The maximum absolute atomic E-state index is 14.0. The number of halogens is 1. The summed E-state index contributed by atoms with van der Waals surface area (Å²) < 4.78 is 14.0. The molecule has 1 aromatic carbocycles. The predicted octanol–water partition coefficient (Wildman–Crippen LogP) is 3.42. The van der Waals surface area contributed by atoms with Gasteiger partial charge in [0.2, 0.25) is 0 Å². The summed E-state index contributed by atoms with van der Waals surface area (Å²) in [7, 11) is 0. The van der Waals surface area contributed by atoms with Gasteiger partial charge in [0.15, 0.2) is 0 Å². The van der Waals surface area contributed by atoms with Gasteiger partial charge in [-0.25, -0.2) is 9.18 Å². The Labute approximate surface area is 129 Å². The summed E-state index contributed by atoms with van der Waals surface area (Å²) in [5.41, 5.74) is 0.000828. The van der Waals surface area contributed by atoms with E-state index < -0.39 is 11.8 Å². The lowest BCUT2D eigenvalue weighted by Crippen LogP contribution is -2.44. The van der Waals surface area contributed by atoms with Crippen LogP contribution in [0.1, 0.15) is 54.3 Å². The first-order chi connectivity index (χ1) is 10.2. The molecule has 1 aliphatic rings. The normalized spacial score (nSPS) is 17.6. The van der Waals surface area contributed by atoms with Crippen LogP contribution < -0.4 is 0 Å². The van der Waals surface area contributed by atoms with Crippen LogP contribution in [0.4, 0.5) is 4.39 Å². The van der Waals surface area contributed by atoms with Crippen LogP contribution in [0.15, 0.2) is 18.2 Å². The number of piperidine rings is 1. The number of hydrogen-bond acceptors (Lipinski definition) is 2. The van der Waals surface area contributed by atoms with Gasteiger partial charge >= 0.3 is 5.97 Å². The van der Waals surface area contributed by atoms with Crippen molar-refractivity contribution in [3.63, 3.8) is 0 Å². The Morgan fingerprint density at radius 3 is 2.32 bits per heavy atom. The first kappa shape index (κ1) is 16.5. The van der Waals surface area contributed by atoms with Gasteiger partial charge in [0.1, 0.15) is 5.82 Å². The van der Waals surface area contributed by atoms with Gasteiger partial charge in [-0.2, -0.15) is 0 Å².